The number of halogens is 1. The third-order valence-electron chi connectivity index (χ3n) is 1.79. The smallest absolute Gasteiger partial charge is 0.409 e. The molecule has 1 rings (SSSR count). The first-order valence-corrected chi connectivity index (χ1v) is 4.86. The van der Waals surface area contributed by atoms with E-state index in [0.717, 1.165) is 12.8 Å². The van der Waals surface area contributed by atoms with Gasteiger partial charge in [0.25, 0.3) is 0 Å². The number of nitrogens with one attached hydrogen (secondary N) is 1. The van der Waals surface area contributed by atoms with Crippen LogP contribution in [0.3, 0.4) is 0 Å². The molecule has 0 aromatic carbocycles. The van der Waals surface area contributed by atoms with Crippen LogP contribution >= 0.6 is 11.6 Å². The molecule has 1 aliphatic rings. The molecule has 13 heavy (non-hydrogen) atoms. The molecule has 4 nitrogen and oxygen atoms in total. The summed E-state index contributed by atoms with van der Waals surface area (Å²) in [6.07, 6.45) is 0.919. The van der Waals surface area contributed by atoms with Gasteiger partial charge in [-0.2, -0.15) is 0 Å². The number of carbonyl (C=O) groups is 1. The van der Waals surface area contributed by atoms with Gasteiger partial charge in [-0.3, -0.25) is 5.32 Å². The number of alkyl carbamates (subject to hydrolysis) is 1. The van der Waals surface area contributed by atoms with Crippen molar-refractivity contribution < 1.29 is 14.3 Å². The Bertz CT molecular complexity index is 177. The summed E-state index contributed by atoms with van der Waals surface area (Å²) in [5.41, 5.74) is 0. The summed E-state index contributed by atoms with van der Waals surface area (Å²) in [4.78, 5) is 11.0. The second kappa shape index (κ2) is 5.29. The van der Waals surface area contributed by atoms with Gasteiger partial charge in [-0.05, 0) is 19.8 Å². The molecule has 2 unspecified atom stereocenters. The van der Waals surface area contributed by atoms with Gasteiger partial charge in [0.05, 0.1) is 12.0 Å². The molecule has 1 N–H and O–H groups in total. The van der Waals surface area contributed by atoms with E-state index in [1.165, 1.54) is 0 Å². The van der Waals surface area contributed by atoms with Gasteiger partial charge in [-0.25, -0.2) is 4.79 Å². The number of hydrogen-bond donors (Lipinski definition) is 1. The molecule has 0 aliphatic carbocycles. The molecule has 1 amide bonds. The zero-order valence-electron chi connectivity index (χ0n) is 7.59. The van der Waals surface area contributed by atoms with Gasteiger partial charge in [-0.15, -0.1) is 11.6 Å². The van der Waals surface area contributed by atoms with Gasteiger partial charge in [0.15, 0.2) is 0 Å². The molecule has 0 aromatic rings. The molecule has 76 valence electrons. The number of hydrogen-bond acceptors (Lipinski definition) is 3. The second-order valence-electron chi connectivity index (χ2n) is 2.81. The zero-order chi connectivity index (χ0) is 9.68. The Morgan fingerprint density at radius 1 is 1.77 bits per heavy atom. The highest BCUT2D eigenvalue weighted by molar-refractivity contribution is 6.21. The Balaban J connectivity index is 2.29. The van der Waals surface area contributed by atoms with Gasteiger partial charge in [0.2, 0.25) is 0 Å². The van der Waals surface area contributed by atoms with Gasteiger partial charge in [0, 0.05) is 6.61 Å². The summed E-state index contributed by atoms with van der Waals surface area (Å²) >= 11 is 5.93. The van der Waals surface area contributed by atoms with E-state index in [9.17, 15) is 4.79 Å². The quantitative estimate of drug-likeness (QED) is 0.698. The van der Waals surface area contributed by atoms with E-state index in [1.807, 2.05) is 0 Å². The molecule has 0 saturated carbocycles. The molecule has 0 radical (unpaired) electrons. The maximum absolute atomic E-state index is 11.0. The Kier molecular flexibility index (Phi) is 4.32. The number of carbonyl (C=O) groups excluding carboxylic acids is 1. The van der Waals surface area contributed by atoms with E-state index in [1.54, 1.807) is 6.92 Å². The minimum absolute atomic E-state index is 0.154. The molecule has 0 aromatic heterocycles. The molecule has 2 atom stereocenters. The maximum atomic E-state index is 11.0. The van der Waals surface area contributed by atoms with E-state index >= 15 is 0 Å². The number of ether oxygens (including phenoxy) is 2. The molecular weight excluding hydrogens is 194 g/mol. The van der Waals surface area contributed by atoms with Crippen LogP contribution in [-0.4, -0.2) is 30.9 Å². The fourth-order valence-electron chi connectivity index (χ4n) is 1.17. The highest BCUT2D eigenvalue weighted by Crippen LogP contribution is 2.17. The summed E-state index contributed by atoms with van der Waals surface area (Å²) in [5.74, 6) is 0. The standard InChI is InChI=1S/C8H14ClNO3/c1-2-12-8(11)10-7-6(9)4-3-5-13-7/h6-7H,2-5H2,1H3,(H,10,11). The average Bonchev–Trinajstić information content (AvgIpc) is 2.09. The van der Waals surface area contributed by atoms with Crippen LogP contribution in [0.1, 0.15) is 19.8 Å². The van der Waals surface area contributed by atoms with Crippen molar-refractivity contribution in [2.75, 3.05) is 13.2 Å². The molecule has 1 fully saturated rings. The van der Waals surface area contributed by atoms with Crippen molar-refractivity contribution in [3.63, 3.8) is 0 Å². The molecule has 1 saturated heterocycles. The van der Waals surface area contributed by atoms with Crippen molar-refractivity contribution in [2.45, 2.75) is 31.4 Å². The van der Waals surface area contributed by atoms with Crippen LogP contribution < -0.4 is 5.32 Å². The van der Waals surface area contributed by atoms with Crippen LogP contribution in [0.5, 0.6) is 0 Å². The summed E-state index contributed by atoms with van der Waals surface area (Å²) in [5, 5.41) is 2.40. The SMILES string of the molecule is CCOC(=O)NC1OCCCC1Cl. The summed E-state index contributed by atoms with van der Waals surface area (Å²) in [7, 11) is 0. The predicted molar refractivity (Wildman–Crippen MR) is 48.8 cm³/mol. The predicted octanol–water partition coefficient (Wildman–Crippen LogP) is 1.48. The monoisotopic (exact) mass is 207 g/mol. The minimum atomic E-state index is -0.472. The lowest BCUT2D eigenvalue weighted by molar-refractivity contribution is -0.00196. The van der Waals surface area contributed by atoms with Gasteiger partial charge < -0.3 is 9.47 Å². The van der Waals surface area contributed by atoms with Crippen LogP contribution in [-0.2, 0) is 9.47 Å². The van der Waals surface area contributed by atoms with Crippen LogP contribution in [0.2, 0.25) is 0 Å². The van der Waals surface area contributed by atoms with Crippen molar-refractivity contribution in [2.24, 2.45) is 0 Å². The Morgan fingerprint density at radius 2 is 2.54 bits per heavy atom. The topological polar surface area (TPSA) is 47.6 Å². The average molecular weight is 208 g/mol. The van der Waals surface area contributed by atoms with E-state index in [0.29, 0.717) is 13.2 Å². The van der Waals surface area contributed by atoms with Crippen molar-refractivity contribution in [3.8, 4) is 0 Å². The maximum Gasteiger partial charge on any atom is 0.409 e. The Labute approximate surface area is 82.5 Å². The highest BCUT2D eigenvalue weighted by Gasteiger charge is 2.25. The first kappa shape index (κ1) is 10.6. The lowest BCUT2D eigenvalue weighted by Crippen LogP contribution is -2.45. The van der Waals surface area contributed by atoms with E-state index in [-0.39, 0.29) is 5.38 Å². The van der Waals surface area contributed by atoms with Gasteiger partial charge in [0.1, 0.15) is 6.23 Å². The summed E-state index contributed by atoms with van der Waals surface area (Å²) in [6.45, 7) is 2.74. The zero-order valence-corrected chi connectivity index (χ0v) is 8.34. The molecular formula is C8H14ClNO3. The first-order chi connectivity index (χ1) is 6.24. The number of rotatable bonds is 2. The van der Waals surface area contributed by atoms with Crippen molar-refractivity contribution in [1.29, 1.82) is 0 Å². The lowest BCUT2D eigenvalue weighted by atomic mass is 10.2. The largest absolute Gasteiger partial charge is 0.450 e. The molecule has 0 bridgehead atoms. The third-order valence-corrected chi connectivity index (χ3v) is 2.23. The molecule has 1 heterocycles. The minimum Gasteiger partial charge on any atom is -0.450 e. The van der Waals surface area contributed by atoms with Crippen molar-refractivity contribution >= 4 is 17.7 Å². The summed E-state index contributed by atoms with van der Waals surface area (Å²) in [6, 6.07) is 0. The fourth-order valence-corrected chi connectivity index (χ4v) is 1.46. The molecule has 5 heteroatoms. The first-order valence-electron chi connectivity index (χ1n) is 4.43. The van der Waals surface area contributed by atoms with Crippen LogP contribution in [0.15, 0.2) is 0 Å². The van der Waals surface area contributed by atoms with Crippen molar-refractivity contribution in [3.05, 3.63) is 0 Å². The second-order valence-corrected chi connectivity index (χ2v) is 3.38. The third kappa shape index (κ3) is 3.40. The number of alkyl halides is 1. The van der Waals surface area contributed by atoms with E-state index in [2.05, 4.69) is 5.32 Å². The summed E-state index contributed by atoms with van der Waals surface area (Å²) < 4.78 is 9.97. The van der Waals surface area contributed by atoms with Gasteiger partial charge in [-0.1, -0.05) is 0 Å². The van der Waals surface area contributed by atoms with Crippen LogP contribution in [0.4, 0.5) is 4.79 Å². The van der Waals surface area contributed by atoms with Gasteiger partial charge >= 0.3 is 6.09 Å². The fraction of sp³-hybridized carbons (Fsp3) is 0.875. The van der Waals surface area contributed by atoms with E-state index < -0.39 is 12.3 Å². The number of amides is 1. The lowest BCUT2D eigenvalue weighted by Gasteiger charge is -2.27. The normalized spacial score (nSPS) is 28.2. The van der Waals surface area contributed by atoms with Crippen molar-refractivity contribution in [1.82, 2.24) is 5.32 Å². The van der Waals surface area contributed by atoms with E-state index in [4.69, 9.17) is 21.1 Å². The molecule has 0 spiro atoms. The van der Waals surface area contributed by atoms with Crippen LogP contribution in [0.25, 0.3) is 0 Å². The molecule has 1 aliphatic heterocycles. The highest BCUT2D eigenvalue weighted by atomic mass is 35.5. The Morgan fingerprint density at radius 3 is 3.15 bits per heavy atom. The Hall–Kier alpha value is -0.480. The van der Waals surface area contributed by atoms with Crippen LogP contribution in [0, 0.1) is 0 Å².